The van der Waals surface area contributed by atoms with E-state index in [-0.39, 0.29) is 16.5 Å². The van der Waals surface area contributed by atoms with Crippen molar-refractivity contribution in [3.8, 4) is 0 Å². The zero-order valence-electron chi connectivity index (χ0n) is 16.4. The van der Waals surface area contributed by atoms with Gasteiger partial charge in [0.15, 0.2) is 6.61 Å². The number of hydrogen-bond acceptors (Lipinski definition) is 7. The quantitative estimate of drug-likeness (QED) is 0.439. The van der Waals surface area contributed by atoms with Crippen LogP contribution in [0.1, 0.15) is 43.8 Å². The number of hydrogen-bond donors (Lipinski definition) is 1. The highest BCUT2D eigenvalue weighted by Gasteiger charge is 2.28. The number of anilines is 1. The molecule has 2 heterocycles. The van der Waals surface area contributed by atoms with Crippen molar-refractivity contribution in [2.24, 2.45) is 0 Å². The van der Waals surface area contributed by atoms with Gasteiger partial charge < -0.3 is 14.8 Å². The van der Waals surface area contributed by atoms with E-state index >= 15 is 0 Å². The minimum Gasteiger partial charge on any atom is -0.462 e. The molecule has 0 bridgehead atoms. The van der Waals surface area contributed by atoms with Gasteiger partial charge in [0.25, 0.3) is 5.91 Å². The van der Waals surface area contributed by atoms with E-state index < -0.39 is 24.5 Å². The summed E-state index contributed by atoms with van der Waals surface area (Å²) in [4.78, 5) is 38.6. The minimum atomic E-state index is -0.697. The predicted molar refractivity (Wildman–Crippen MR) is 123 cm³/mol. The molecule has 0 radical (unpaired) electrons. The van der Waals surface area contributed by atoms with Crippen molar-refractivity contribution >= 4 is 78.8 Å². The fourth-order valence-electron chi connectivity index (χ4n) is 3.44. The van der Waals surface area contributed by atoms with Crippen LogP contribution in [0, 0.1) is 0 Å². The number of amides is 1. The third-order valence-corrected chi connectivity index (χ3v) is 7.84. The van der Waals surface area contributed by atoms with Gasteiger partial charge in [-0.15, -0.1) is 22.7 Å². The summed E-state index contributed by atoms with van der Waals surface area (Å²) in [5.41, 5.74) is 1.34. The number of thiophene rings is 2. The maximum absolute atomic E-state index is 12.5. The number of fused-ring (bicyclic) bond motifs is 2. The molecule has 0 unspecified atom stereocenters. The van der Waals surface area contributed by atoms with Crippen molar-refractivity contribution in [2.75, 3.05) is 18.5 Å². The first kappa shape index (κ1) is 22.1. The molecule has 2 aromatic heterocycles. The topological polar surface area (TPSA) is 81.7 Å². The second kappa shape index (κ2) is 9.16. The summed E-state index contributed by atoms with van der Waals surface area (Å²) < 4.78 is 11.1. The van der Waals surface area contributed by atoms with Crippen LogP contribution in [-0.2, 0) is 27.1 Å². The lowest BCUT2D eigenvalue weighted by Gasteiger charge is -2.08. The average Bonchev–Trinajstić information content (AvgIpc) is 3.39. The molecule has 0 fully saturated rings. The number of esters is 2. The van der Waals surface area contributed by atoms with E-state index in [0.29, 0.717) is 21.0 Å². The Balaban J connectivity index is 1.45. The van der Waals surface area contributed by atoms with Crippen LogP contribution in [0.4, 0.5) is 5.00 Å². The Kier molecular flexibility index (Phi) is 6.52. The summed E-state index contributed by atoms with van der Waals surface area (Å²) in [5.74, 6) is -1.69. The first-order chi connectivity index (χ1) is 14.9. The Hall–Kier alpha value is -2.13. The van der Waals surface area contributed by atoms with Gasteiger partial charge in [0, 0.05) is 20.0 Å². The largest absolute Gasteiger partial charge is 0.462 e. The van der Waals surface area contributed by atoms with Crippen molar-refractivity contribution in [2.45, 2.75) is 26.2 Å². The van der Waals surface area contributed by atoms with Gasteiger partial charge in [-0.3, -0.25) is 4.79 Å². The number of aryl methyl sites for hydroxylation is 1. The second-order valence-corrected chi connectivity index (χ2v) is 9.76. The van der Waals surface area contributed by atoms with Gasteiger partial charge in [0.1, 0.15) is 9.88 Å². The molecule has 1 aliphatic rings. The molecular weight excluding hydrogens is 481 g/mol. The van der Waals surface area contributed by atoms with Crippen molar-refractivity contribution in [3.63, 3.8) is 0 Å². The van der Waals surface area contributed by atoms with Crippen LogP contribution in [0.5, 0.6) is 0 Å². The number of nitrogens with one attached hydrogen (secondary N) is 1. The third-order valence-electron chi connectivity index (χ3n) is 4.77. The highest BCUT2D eigenvalue weighted by atomic mass is 35.5. The monoisotopic (exact) mass is 497 g/mol. The summed E-state index contributed by atoms with van der Waals surface area (Å²) >= 11 is 14.8. The fraction of sp³-hybridized carbons (Fsp3) is 0.286. The van der Waals surface area contributed by atoms with Crippen LogP contribution in [0.25, 0.3) is 10.1 Å². The number of halogens is 2. The predicted octanol–water partition coefficient (Wildman–Crippen LogP) is 5.73. The van der Waals surface area contributed by atoms with Crippen LogP contribution >= 0.6 is 45.9 Å². The highest BCUT2D eigenvalue weighted by molar-refractivity contribution is 7.21. The molecule has 0 atom stereocenters. The van der Waals surface area contributed by atoms with Gasteiger partial charge in [-0.25, -0.2) is 9.59 Å². The van der Waals surface area contributed by atoms with Gasteiger partial charge in [-0.05, 0) is 43.9 Å². The number of carbonyl (C=O) groups is 3. The minimum absolute atomic E-state index is 0.203. The molecule has 0 spiro atoms. The van der Waals surface area contributed by atoms with Gasteiger partial charge in [0.05, 0.1) is 17.2 Å². The summed E-state index contributed by atoms with van der Waals surface area (Å²) in [6.07, 6.45) is 2.62. The Morgan fingerprint density at radius 3 is 2.68 bits per heavy atom. The molecule has 1 aromatic carbocycles. The molecule has 1 N–H and O–H groups in total. The molecule has 31 heavy (non-hydrogen) atoms. The van der Waals surface area contributed by atoms with E-state index in [1.807, 2.05) is 0 Å². The molecule has 162 valence electrons. The fourth-order valence-corrected chi connectivity index (χ4v) is 6.41. The molecule has 6 nitrogen and oxygen atoms in total. The molecule has 0 saturated carbocycles. The van der Waals surface area contributed by atoms with E-state index in [2.05, 4.69) is 5.32 Å². The Bertz CT molecular complexity index is 1200. The van der Waals surface area contributed by atoms with E-state index in [1.165, 1.54) is 11.3 Å². The van der Waals surface area contributed by atoms with Crippen LogP contribution < -0.4 is 5.32 Å². The van der Waals surface area contributed by atoms with Gasteiger partial charge >= 0.3 is 11.9 Å². The molecule has 0 aliphatic heterocycles. The number of ether oxygens (including phenoxy) is 2. The SMILES string of the molecule is CCOC(=O)c1c(NC(=O)COC(=O)c2sc3cc(Cl)ccc3c2Cl)sc2c1CCC2. The molecular formula is C21H17Cl2NO5S2. The zero-order chi connectivity index (χ0) is 22.1. The van der Waals surface area contributed by atoms with E-state index in [4.69, 9.17) is 32.7 Å². The summed E-state index contributed by atoms with van der Waals surface area (Å²) in [7, 11) is 0. The van der Waals surface area contributed by atoms with E-state index in [0.717, 1.165) is 45.7 Å². The first-order valence-corrected chi connectivity index (χ1v) is 11.9. The molecule has 4 rings (SSSR count). The Labute approximate surface area is 196 Å². The van der Waals surface area contributed by atoms with Crippen molar-refractivity contribution < 1.29 is 23.9 Å². The normalized spacial score (nSPS) is 12.6. The van der Waals surface area contributed by atoms with Gasteiger partial charge in [-0.2, -0.15) is 0 Å². The Morgan fingerprint density at radius 2 is 1.90 bits per heavy atom. The molecule has 0 saturated heterocycles. The van der Waals surface area contributed by atoms with Crippen LogP contribution in [-0.4, -0.2) is 31.1 Å². The van der Waals surface area contributed by atoms with Crippen molar-refractivity contribution in [1.82, 2.24) is 0 Å². The third kappa shape index (κ3) is 4.43. The zero-order valence-corrected chi connectivity index (χ0v) is 19.5. The highest BCUT2D eigenvalue weighted by Crippen LogP contribution is 2.40. The summed E-state index contributed by atoms with van der Waals surface area (Å²) in [6, 6.07) is 5.13. The molecule has 3 aromatic rings. The average molecular weight is 498 g/mol. The van der Waals surface area contributed by atoms with E-state index in [9.17, 15) is 14.4 Å². The van der Waals surface area contributed by atoms with E-state index in [1.54, 1.807) is 25.1 Å². The van der Waals surface area contributed by atoms with Gasteiger partial charge in [-0.1, -0.05) is 29.3 Å². The summed E-state index contributed by atoms with van der Waals surface area (Å²) in [5, 5.41) is 4.61. The lowest BCUT2D eigenvalue weighted by Crippen LogP contribution is -2.21. The number of benzene rings is 1. The molecule has 1 amide bonds. The lowest BCUT2D eigenvalue weighted by atomic mass is 10.1. The first-order valence-electron chi connectivity index (χ1n) is 9.55. The molecule has 1 aliphatic carbocycles. The maximum atomic E-state index is 12.5. The second-order valence-electron chi connectivity index (χ2n) is 6.79. The van der Waals surface area contributed by atoms with Crippen LogP contribution in [0.2, 0.25) is 10.0 Å². The van der Waals surface area contributed by atoms with Gasteiger partial charge in [0.2, 0.25) is 0 Å². The number of carbonyl (C=O) groups excluding carboxylic acids is 3. The maximum Gasteiger partial charge on any atom is 0.350 e. The van der Waals surface area contributed by atoms with Crippen molar-refractivity contribution in [1.29, 1.82) is 0 Å². The lowest BCUT2D eigenvalue weighted by molar-refractivity contribution is -0.119. The summed E-state index contributed by atoms with van der Waals surface area (Å²) in [6.45, 7) is 1.47. The van der Waals surface area contributed by atoms with Crippen molar-refractivity contribution in [3.05, 3.63) is 49.1 Å². The number of rotatable bonds is 6. The Morgan fingerprint density at radius 1 is 1.10 bits per heavy atom. The molecule has 10 heteroatoms. The smallest absolute Gasteiger partial charge is 0.350 e. The standard InChI is InChI=1S/C21H17Cl2NO5S2/c1-2-28-20(26)16-11-4-3-5-13(11)31-19(16)24-15(25)9-29-21(27)18-17(23)12-7-6-10(22)8-14(12)30-18/h6-8H,2-5,9H2,1H3,(H,24,25). The van der Waals surface area contributed by atoms with Crippen LogP contribution in [0.15, 0.2) is 18.2 Å². The van der Waals surface area contributed by atoms with Crippen LogP contribution in [0.3, 0.4) is 0 Å².